The Kier molecular flexibility index (Phi) is 10.7. The first-order valence-corrected chi connectivity index (χ1v) is 12.5. The van der Waals surface area contributed by atoms with Crippen molar-refractivity contribution in [1.82, 2.24) is 5.32 Å². The number of hydrogen-bond acceptors (Lipinski definition) is 5. The fourth-order valence-electron chi connectivity index (χ4n) is 3.61. The topological polar surface area (TPSA) is 75.6 Å². The van der Waals surface area contributed by atoms with E-state index in [4.69, 9.17) is 4.74 Å². The van der Waals surface area contributed by atoms with Crippen molar-refractivity contribution < 1.29 is 39.7 Å². The van der Waals surface area contributed by atoms with Crippen LogP contribution in [0.3, 0.4) is 0 Å². The van der Waals surface area contributed by atoms with E-state index in [2.05, 4.69) is 5.32 Å². The number of carbonyl (C=O) groups is 2. The predicted octanol–water partition coefficient (Wildman–Crippen LogP) is 2.51. The number of hydrogen-bond donors (Lipinski definition) is 2. The van der Waals surface area contributed by atoms with E-state index >= 15 is 0 Å². The number of aryl methyl sites for hydroxylation is 1. The third-order valence-electron chi connectivity index (χ3n) is 5.28. The summed E-state index contributed by atoms with van der Waals surface area (Å²) in [6.07, 6.45) is 2.03. The maximum atomic E-state index is 13.2. The van der Waals surface area contributed by atoms with E-state index in [1.54, 1.807) is 36.3 Å². The molecule has 0 fully saturated rings. The maximum Gasteiger partial charge on any atom is 1.00 e. The molecule has 1 amide bonds. The molecule has 2 N–H and O–H groups in total. The number of benzene rings is 2. The minimum absolute atomic E-state index is 0. The Labute approximate surface area is 216 Å². The number of thioether (sulfide) groups is 1. The Hall–Kier alpha value is -2.01. The van der Waals surface area contributed by atoms with Gasteiger partial charge in [-0.15, -0.1) is 11.3 Å². The second-order valence-corrected chi connectivity index (χ2v) is 9.36. The van der Waals surface area contributed by atoms with E-state index in [1.807, 2.05) is 67.1 Å². The molecule has 0 saturated carbocycles. The standard InChI is InChI=1S/C25H27NO4S2.Li.H/c1-16-7-4-5-8-18(16)20-15-17(23(30-2)22-9-6-13-32-22)10-11-19(20)24(27)26-21(25(28)29)12-14-31-3;;/h4-11,13,15,21,23H,12,14H2,1-3H3,(H,26,27)(H,28,29);;/q;+1;-1. The van der Waals surface area contributed by atoms with Gasteiger partial charge in [0.1, 0.15) is 12.1 Å². The quantitative estimate of drug-likeness (QED) is 0.439. The van der Waals surface area contributed by atoms with E-state index in [1.165, 1.54) is 0 Å². The Balaban J connectivity index is 0.00000289. The second kappa shape index (κ2) is 13.0. The van der Waals surface area contributed by atoms with Crippen LogP contribution in [0.15, 0.2) is 60.0 Å². The molecule has 33 heavy (non-hydrogen) atoms. The Morgan fingerprint density at radius 2 is 1.91 bits per heavy atom. The number of nitrogens with one attached hydrogen (secondary N) is 1. The molecule has 0 aliphatic carbocycles. The largest absolute Gasteiger partial charge is 1.00 e. The van der Waals surface area contributed by atoms with Gasteiger partial charge in [0.05, 0.1) is 0 Å². The molecule has 3 aromatic rings. The van der Waals surface area contributed by atoms with Gasteiger partial charge in [-0.05, 0) is 71.2 Å². The molecular formula is C25H28LiNO4S2. The summed E-state index contributed by atoms with van der Waals surface area (Å²) in [6.45, 7) is 2.00. The summed E-state index contributed by atoms with van der Waals surface area (Å²) in [5.74, 6) is -0.774. The van der Waals surface area contributed by atoms with Crippen molar-refractivity contribution in [2.45, 2.75) is 25.5 Å². The molecule has 1 aromatic heterocycles. The molecule has 0 aliphatic rings. The van der Waals surface area contributed by atoms with Gasteiger partial charge >= 0.3 is 24.8 Å². The number of carbonyl (C=O) groups excluding carboxylic acids is 1. The number of carboxylic acids is 1. The number of thiophene rings is 1. The second-order valence-electron chi connectivity index (χ2n) is 7.40. The monoisotopic (exact) mass is 477 g/mol. The zero-order chi connectivity index (χ0) is 23.1. The Bertz CT molecular complexity index is 1080. The zero-order valence-electron chi connectivity index (χ0n) is 20.3. The van der Waals surface area contributed by atoms with Gasteiger partial charge in [-0.2, -0.15) is 11.8 Å². The summed E-state index contributed by atoms with van der Waals surface area (Å²) in [4.78, 5) is 25.9. The van der Waals surface area contributed by atoms with Gasteiger partial charge in [-0.1, -0.05) is 36.4 Å². The van der Waals surface area contributed by atoms with Crippen molar-refractivity contribution in [3.63, 3.8) is 0 Å². The molecule has 170 valence electrons. The SMILES string of the molecule is COC(c1ccc(C(=O)NC(CCSC)C(=O)O)c(-c2ccccc2C)c1)c1cccs1.[H-].[Li+]. The molecule has 3 rings (SSSR count). The van der Waals surface area contributed by atoms with Crippen LogP contribution in [0.4, 0.5) is 0 Å². The van der Waals surface area contributed by atoms with Crippen LogP contribution in [-0.2, 0) is 9.53 Å². The van der Waals surface area contributed by atoms with Crippen LogP contribution in [0, 0.1) is 6.92 Å². The molecular weight excluding hydrogens is 449 g/mol. The minimum atomic E-state index is -1.03. The predicted molar refractivity (Wildman–Crippen MR) is 133 cm³/mol. The zero-order valence-corrected chi connectivity index (χ0v) is 21.0. The third kappa shape index (κ3) is 6.75. The number of carboxylic acid groups (broad SMARTS) is 1. The van der Waals surface area contributed by atoms with Crippen molar-refractivity contribution in [1.29, 1.82) is 0 Å². The molecule has 8 heteroatoms. The number of amides is 1. The van der Waals surface area contributed by atoms with Crippen LogP contribution in [0.1, 0.15) is 40.3 Å². The molecule has 0 bridgehead atoms. The molecule has 2 aromatic carbocycles. The van der Waals surface area contributed by atoms with Gasteiger partial charge in [0, 0.05) is 17.6 Å². The van der Waals surface area contributed by atoms with Crippen LogP contribution >= 0.6 is 23.1 Å². The summed E-state index contributed by atoms with van der Waals surface area (Å²) < 4.78 is 5.77. The van der Waals surface area contributed by atoms with Gasteiger partial charge in [0.25, 0.3) is 5.91 Å². The van der Waals surface area contributed by atoms with E-state index in [0.29, 0.717) is 17.7 Å². The number of methoxy groups -OCH3 is 1. The summed E-state index contributed by atoms with van der Waals surface area (Å²) in [7, 11) is 1.67. The molecule has 2 atom stereocenters. The Morgan fingerprint density at radius 3 is 2.52 bits per heavy atom. The van der Waals surface area contributed by atoms with Crippen molar-refractivity contribution >= 4 is 35.0 Å². The average Bonchev–Trinajstić information content (AvgIpc) is 3.31. The minimum Gasteiger partial charge on any atom is -1.00 e. The fourth-order valence-corrected chi connectivity index (χ4v) is 4.91. The molecule has 5 nitrogen and oxygen atoms in total. The molecule has 0 spiro atoms. The summed E-state index contributed by atoms with van der Waals surface area (Å²) in [5.41, 5.74) is 4.09. The summed E-state index contributed by atoms with van der Waals surface area (Å²) >= 11 is 3.16. The van der Waals surface area contributed by atoms with E-state index in [9.17, 15) is 14.7 Å². The van der Waals surface area contributed by atoms with Crippen molar-refractivity contribution in [3.05, 3.63) is 81.5 Å². The van der Waals surface area contributed by atoms with Crippen molar-refractivity contribution in [3.8, 4) is 11.1 Å². The van der Waals surface area contributed by atoms with Crippen molar-refractivity contribution in [2.24, 2.45) is 0 Å². The third-order valence-corrected chi connectivity index (χ3v) is 6.84. The van der Waals surface area contributed by atoms with Gasteiger partial charge in [0.15, 0.2) is 0 Å². The van der Waals surface area contributed by atoms with E-state index in [-0.39, 0.29) is 26.4 Å². The number of aliphatic carboxylic acids is 1. The van der Waals surface area contributed by atoms with E-state index in [0.717, 1.165) is 27.1 Å². The van der Waals surface area contributed by atoms with Gasteiger partial charge in [0.2, 0.25) is 0 Å². The molecule has 0 aliphatic heterocycles. The fraction of sp³-hybridized carbons (Fsp3) is 0.280. The maximum absolute atomic E-state index is 13.2. The molecule has 0 radical (unpaired) electrons. The first kappa shape index (κ1) is 27.2. The number of ether oxygens (including phenoxy) is 1. The average molecular weight is 478 g/mol. The smallest absolute Gasteiger partial charge is 1.00 e. The van der Waals surface area contributed by atoms with Gasteiger partial charge in [-0.3, -0.25) is 4.79 Å². The van der Waals surface area contributed by atoms with Crippen LogP contribution in [0.2, 0.25) is 0 Å². The molecule has 2 unspecified atom stereocenters. The van der Waals surface area contributed by atoms with Gasteiger partial charge < -0.3 is 16.6 Å². The molecule has 1 heterocycles. The first-order chi connectivity index (χ1) is 15.5. The van der Waals surface area contributed by atoms with Crippen LogP contribution < -0.4 is 24.2 Å². The van der Waals surface area contributed by atoms with Crippen molar-refractivity contribution in [2.75, 3.05) is 19.1 Å². The van der Waals surface area contributed by atoms with Crippen LogP contribution in [0.25, 0.3) is 11.1 Å². The van der Waals surface area contributed by atoms with Crippen LogP contribution in [0.5, 0.6) is 0 Å². The number of rotatable bonds is 10. The van der Waals surface area contributed by atoms with E-state index < -0.39 is 17.9 Å². The summed E-state index contributed by atoms with van der Waals surface area (Å²) in [5, 5.41) is 14.3. The molecule has 0 saturated heterocycles. The Morgan fingerprint density at radius 1 is 1.15 bits per heavy atom. The normalized spacial score (nSPS) is 12.5. The first-order valence-electron chi connectivity index (χ1n) is 10.2. The van der Waals surface area contributed by atoms with Crippen LogP contribution in [-0.4, -0.2) is 42.1 Å². The van der Waals surface area contributed by atoms with Gasteiger partial charge in [-0.25, -0.2) is 4.79 Å². The summed E-state index contributed by atoms with van der Waals surface area (Å²) in [6, 6.07) is 16.5.